The summed E-state index contributed by atoms with van der Waals surface area (Å²) in [5.41, 5.74) is 3.72. The van der Waals surface area contributed by atoms with Gasteiger partial charge >= 0.3 is 5.97 Å². The number of methoxy groups -OCH3 is 1. The smallest absolute Gasteiger partial charge is 0.352 e. The van der Waals surface area contributed by atoms with Crippen molar-refractivity contribution in [1.29, 1.82) is 0 Å². The van der Waals surface area contributed by atoms with E-state index in [1.165, 1.54) is 23.9 Å². The number of nitrogens with one attached hydrogen (secondary N) is 1. The quantitative estimate of drug-likeness (QED) is 0.0687. The average molecular weight is 811 g/mol. The van der Waals surface area contributed by atoms with Crippen LogP contribution in [0.3, 0.4) is 0 Å². The van der Waals surface area contributed by atoms with Crippen molar-refractivity contribution in [1.82, 2.24) is 10.2 Å². The monoisotopic (exact) mass is 810 g/mol. The van der Waals surface area contributed by atoms with Gasteiger partial charge in [-0.2, -0.15) is 0 Å². The molecule has 2 aliphatic carbocycles. The van der Waals surface area contributed by atoms with Crippen molar-refractivity contribution in [3.8, 4) is 39.7 Å². The van der Waals surface area contributed by atoms with E-state index in [0.29, 0.717) is 46.8 Å². The summed E-state index contributed by atoms with van der Waals surface area (Å²) < 4.78 is 23.3. The number of aliphatic carboxylic acids is 1. The van der Waals surface area contributed by atoms with E-state index in [2.05, 4.69) is 5.32 Å². The highest BCUT2D eigenvalue weighted by Gasteiger charge is 2.70. The molecule has 9 rings (SSSR count). The van der Waals surface area contributed by atoms with Crippen molar-refractivity contribution in [2.24, 2.45) is 0 Å². The Morgan fingerprint density at radius 1 is 0.847 bits per heavy atom. The van der Waals surface area contributed by atoms with Crippen LogP contribution in [0.2, 0.25) is 0 Å². The van der Waals surface area contributed by atoms with Gasteiger partial charge in [-0.3, -0.25) is 19.3 Å². The maximum atomic E-state index is 13.4. The zero-order valence-electron chi connectivity index (χ0n) is 32.0. The minimum absolute atomic E-state index is 0.0422. The van der Waals surface area contributed by atoms with Crippen molar-refractivity contribution in [2.75, 3.05) is 13.7 Å². The summed E-state index contributed by atoms with van der Waals surface area (Å²) in [5, 5.41) is 24.0. The van der Waals surface area contributed by atoms with Gasteiger partial charge in [-0.25, -0.2) is 4.79 Å². The number of carboxylic acid groups (broad SMARTS) is 1. The first-order valence-corrected chi connectivity index (χ1v) is 19.9. The summed E-state index contributed by atoms with van der Waals surface area (Å²) in [7, 11) is 1.63. The van der Waals surface area contributed by atoms with Gasteiger partial charge in [-0.15, -0.1) is 11.8 Å². The minimum Gasteiger partial charge on any atom is -0.497 e. The van der Waals surface area contributed by atoms with E-state index in [1.54, 1.807) is 49.6 Å². The van der Waals surface area contributed by atoms with Gasteiger partial charge in [0.25, 0.3) is 11.6 Å². The molecule has 5 aliphatic rings. The molecule has 4 aromatic carbocycles. The number of aliphatic hydroxyl groups is 1. The molecule has 3 aliphatic heterocycles. The molecule has 2 fully saturated rings. The maximum Gasteiger partial charge on any atom is 0.352 e. The largest absolute Gasteiger partial charge is 0.497 e. The molecule has 12 nitrogen and oxygen atoms in total. The number of hydrogen-bond acceptors (Lipinski definition) is 10. The highest BCUT2D eigenvalue weighted by Crippen LogP contribution is 2.63. The van der Waals surface area contributed by atoms with Gasteiger partial charge < -0.3 is 34.2 Å². The van der Waals surface area contributed by atoms with Crippen LogP contribution in [0, 0.1) is 6.92 Å². The lowest BCUT2D eigenvalue weighted by Crippen LogP contribution is -2.80. The lowest BCUT2D eigenvalue weighted by atomic mass is 9.91. The Bertz CT molecular complexity index is 2730. The molecule has 59 heavy (non-hydrogen) atoms. The summed E-state index contributed by atoms with van der Waals surface area (Å²) in [6.45, 7) is 2.16. The highest BCUT2D eigenvalue weighted by molar-refractivity contribution is 8.02. The number of β-lactam (4-membered cyclic amide) rings is 1. The fourth-order valence-electron chi connectivity index (χ4n) is 7.92. The van der Waals surface area contributed by atoms with E-state index in [-0.39, 0.29) is 30.8 Å². The number of thioether (sulfide) groups is 1. The predicted octanol–water partition coefficient (Wildman–Crippen LogP) is 6.67. The van der Waals surface area contributed by atoms with E-state index < -0.39 is 33.6 Å². The molecule has 298 valence electrons. The van der Waals surface area contributed by atoms with Gasteiger partial charge in [0.2, 0.25) is 5.91 Å². The van der Waals surface area contributed by atoms with Crippen LogP contribution in [0.5, 0.6) is 17.2 Å². The molecule has 4 aromatic rings. The van der Waals surface area contributed by atoms with Gasteiger partial charge in [0.1, 0.15) is 52.9 Å². The number of benzene rings is 5. The lowest BCUT2D eigenvalue weighted by molar-refractivity contribution is -0.186. The Balaban J connectivity index is 0.891. The predicted molar refractivity (Wildman–Crippen MR) is 220 cm³/mol. The third kappa shape index (κ3) is 6.85. The third-order valence-electron chi connectivity index (χ3n) is 11.1. The van der Waals surface area contributed by atoms with E-state index in [4.69, 9.17) is 18.6 Å². The number of carbonyl (C=O) groups excluding carboxylic acids is 2. The highest BCUT2D eigenvalue weighted by atomic mass is 32.2. The summed E-state index contributed by atoms with van der Waals surface area (Å²) >= 11 is 1.28. The summed E-state index contributed by atoms with van der Waals surface area (Å²) in [4.78, 5) is 52.3. The zero-order chi connectivity index (χ0) is 41.1. The molecule has 13 heteroatoms. The number of nitrogens with zero attached hydrogens (tertiary/aromatic N) is 1. The topological polar surface area (TPSA) is 165 Å². The molecule has 3 N–H and O–H groups in total. The van der Waals surface area contributed by atoms with Crippen molar-refractivity contribution < 1.29 is 43.2 Å². The number of hydrogen-bond donors (Lipinski definition) is 3. The molecule has 1 saturated heterocycles. The Hall–Kier alpha value is -6.57. The van der Waals surface area contributed by atoms with E-state index in [9.17, 15) is 29.4 Å². The molecule has 0 radical (unpaired) electrons. The second-order valence-electron chi connectivity index (χ2n) is 14.9. The van der Waals surface area contributed by atoms with Gasteiger partial charge in [0.05, 0.1) is 13.5 Å². The van der Waals surface area contributed by atoms with Crippen LogP contribution in [0.15, 0.2) is 130 Å². The molecular formula is C46H38N2O10S. The molecule has 0 bridgehead atoms. The lowest BCUT2D eigenvalue weighted by Gasteiger charge is -2.55. The number of carbonyl (C=O) groups is 3. The molecule has 2 amide bonds. The molecule has 2 atom stereocenters. The average Bonchev–Trinajstić information content (AvgIpc) is 4.01. The van der Waals surface area contributed by atoms with Gasteiger partial charge in [0.15, 0.2) is 5.43 Å². The number of rotatable bonds is 12. The molecule has 0 unspecified atom stereocenters. The van der Waals surface area contributed by atoms with Crippen molar-refractivity contribution in [3.05, 3.63) is 147 Å². The zero-order valence-corrected chi connectivity index (χ0v) is 32.8. The second kappa shape index (κ2) is 14.7. The number of carboxylic acids is 1. The number of ether oxygens (including phenoxy) is 3. The van der Waals surface area contributed by atoms with Crippen LogP contribution in [0.25, 0.3) is 33.4 Å². The van der Waals surface area contributed by atoms with Crippen LogP contribution < -0.4 is 25.0 Å². The fraction of sp³-hybridized carbons (Fsp3) is 0.217. The van der Waals surface area contributed by atoms with Gasteiger partial charge in [-0.05, 0) is 90.6 Å². The molecule has 1 saturated carbocycles. The Kier molecular flexibility index (Phi) is 9.44. The molecule has 0 aromatic heterocycles. The van der Waals surface area contributed by atoms with Crippen LogP contribution >= 0.6 is 11.8 Å². The fourth-order valence-corrected chi connectivity index (χ4v) is 9.62. The van der Waals surface area contributed by atoms with Crippen molar-refractivity contribution >= 4 is 40.5 Å². The Labute approximate surface area is 342 Å². The van der Waals surface area contributed by atoms with Crippen LogP contribution in [-0.4, -0.2) is 62.5 Å². The van der Waals surface area contributed by atoms with E-state index in [0.717, 1.165) is 43.9 Å². The van der Waals surface area contributed by atoms with Crippen LogP contribution in [0.4, 0.5) is 0 Å². The standard InChI is InChI=1S/C46H38N2O10S/c1-26-20-31(55-2)13-16-33(26)40-34-15-10-29(49)22-37(34)58-38-23-32(14-17-35(38)40)56-24-28-8-11-30(12-9-28)57-25-36-41(42(51)52)48-43(53)46(54,44(48)59-45(36)18-19-45)47-39(50)21-27-6-4-3-5-7-27/h3-17,20,22-23,44,54H,18-19,21,24-25H2,1-2H3,(H,47,50)(H,51,52)/t44-,46+/m1/s1. The van der Waals surface area contributed by atoms with Crippen LogP contribution in [-0.2, 0) is 27.4 Å². The first-order chi connectivity index (χ1) is 28.5. The van der Waals surface area contributed by atoms with E-state index >= 15 is 0 Å². The summed E-state index contributed by atoms with van der Waals surface area (Å²) in [5.74, 6) is -0.482. The molecular weight excluding hydrogens is 773 g/mol. The Morgan fingerprint density at radius 2 is 1.56 bits per heavy atom. The minimum atomic E-state index is -2.23. The number of fused-ring (bicyclic) bond motifs is 3. The van der Waals surface area contributed by atoms with Crippen molar-refractivity contribution in [2.45, 2.75) is 48.6 Å². The van der Waals surface area contributed by atoms with Gasteiger partial charge in [0, 0.05) is 39.0 Å². The second-order valence-corrected chi connectivity index (χ2v) is 16.4. The van der Waals surface area contributed by atoms with Crippen LogP contribution in [0.1, 0.15) is 29.5 Å². The molecule has 1 spiro atoms. The Morgan fingerprint density at radius 3 is 2.27 bits per heavy atom. The maximum absolute atomic E-state index is 13.4. The van der Waals surface area contributed by atoms with E-state index in [1.807, 2.05) is 61.5 Å². The summed E-state index contributed by atoms with van der Waals surface area (Å²) in [6, 6.07) is 32.5. The van der Waals surface area contributed by atoms with Crippen molar-refractivity contribution in [3.63, 3.8) is 0 Å². The number of aryl methyl sites for hydroxylation is 1. The van der Waals surface area contributed by atoms with Gasteiger partial charge in [-0.1, -0.05) is 48.5 Å². The summed E-state index contributed by atoms with van der Waals surface area (Å²) in [6.07, 6.45) is 1.23. The number of amides is 2. The normalized spacial score (nSPS) is 19.0. The first kappa shape index (κ1) is 38.0. The third-order valence-corrected chi connectivity index (χ3v) is 13.0. The molecule has 3 heterocycles. The first-order valence-electron chi connectivity index (χ1n) is 19.0. The SMILES string of the molecule is COc1ccc(-c2c3ccc(=O)cc-3oc3cc(OCc4ccc(OCC5=C(C(=O)O)N6C(=O)[C@@](O)(NC(=O)Cc7ccccc7)[C@H]6SC56CC6)cc4)ccc23)c(C)c1.